The number of rotatable bonds is 7. The fourth-order valence-electron chi connectivity index (χ4n) is 6.41. The van der Waals surface area contributed by atoms with E-state index in [2.05, 4.69) is 31.5 Å². The fraction of sp³-hybridized carbons (Fsp3) is 0.419. The Bertz CT molecular complexity index is 1450. The van der Waals surface area contributed by atoms with Gasteiger partial charge in [-0.05, 0) is 50.3 Å². The summed E-state index contributed by atoms with van der Waals surface area (Å²) < 4.78 is 2.08. The standard InChI is InChI=1S/C31H38N8O/c1-37-15-17-38(18-16-37)24-11-13-25(14-12-24)39-31-27(29(32)34-20-35-31)28(36-39)23-9-7-22(8-10-23)26(30(33)40)19-21-5-3-2-4-6-21/h2-10,20,24-26H,11-19H2,1H3,(H2,33,40)(H2,32,34,35). The van der Waals surface area contributed by atoms with Crippen molar-refractivity contribution in [2.75, 3.05) is 39.0 Å². The van der Waals surface area contributed by atoms with E-state index >= 15 is 0 Å². The van der Waals surface area contributed by atoms with E-state index in [1.165, 1.54) is 6.33 Å². The minimum absolute atomic E-state index is 0.277. The maximum Gasteiger partial charge on any atom is 0.225 e. The summed E-state index contributed by atoms with van der Waals surface area (Å²) >= 11 is 0. The zero-order valence-electron chi connectivity index (χ0n) is 23.1. The summed E-state index contributed by atoms with van der Waals surface area (Å²) in [6, 6.07) is 18.8. The summed E-state index contributed by atoms with van der Waals surface area (Å²) in [4.78, 5) is 26.4. The van der Waals surface area contributed by atoms with E-state index in [9.17, 15) is 4.79 Å². The lowest BCUT2D eigenvalue weighted by atomic mass is 9.90. The minimum Gasteiger partial charge on any atom is -0.383 e. The first-order chi connectivity index (χ1) is 19.5. The van der Waals surface area contributed by atoms with Crippen LogP contribution < -0.4 is 11.5 Å². The number of hydrogen-bond donors (Lipinski definition) is 2. The quantitative estimate of drug-likeness (QED) is 0.369. The number of aromatic nitrogens is 4. The zero-order valence-corrected chi connectivity index (χ0v) is 23.1. The molecular weight excluding hydrogens is 500 g/mol. The van der Waals surface area contributed by atoms with Crippen LogP contribution >= 0.6 is 0 Å². The molecule has 2 aliphatic rings. The first-order valence-electron chi connectivity index (χ1n) is 14.3. The molecule has 9 heteroatoms. The van der Waals surface area contributed by atoms with Crippen molar-refractivity contribution in [3.05, 3.63) is 72.1 Å². The molecule has 1 saturated carbocycles. The SMILES string of the molecule is CN1CCN(C2CCC(n3nc(-c4ccc(C(Cc5ccccc5)C(N)=O)cc4)c4c(N)ncnc43)CC2)CC1. The molecule has 0 spiro atoms. The molecule has 4 N–H and O–H groups in total. The number of primary amides is 1. The minimum atomic E-state index is -0.408. The molecule has 1 aliphatic heterocycles. The van der Waals surface area contributed by atoms with Crippen LogP contribution in [0.2, 0.25) is 0 Å². The molecule has 3 heterocycles. The van der Waals surface area contributed by atoms with Crippen LogP contribution in [0.15, 0.2) is 60.9 Å². The Kier molecular flexibility index (Phi) is 7.49. The number of benzene rings is 2. The van der Waals surface area contributed by atoms with E-state index in [-0.39, 0.29) is 11.9 Å². The van der Waals surface area contributed by atoms with E-state index in [4.69, 9.17) is 16.6 Å². The summed E-state index contributed by atoms with van der Waals surface area (Å²) in [6.07, 6.45) is 6.54. The number of likely N-dealkylation sites (N-methyl/N-ethyl adjacent to an activating group) is 1. The van der Waals surface area contributed by atoms with Crippen molar-refractivity contribution in [1.82, 2.24) is 29.5 Å². The molecule has 0 radical (unpaired) electrons. The van der Waals surface area contributed by atoms with Gasteiger partial charge in [0.2, 0.25) is 5.91 Å². The van der Waals surface area contributed by atoms with Crippen molar-refractivity contribution in [2.45, 2.75) is 50.1 Å². The van der Waals surface area contributed by atoms with Gasteiger partial charge in [-0.15, -0.1) is 0 Å². The number of carbonyl (C=O) groups excluding carboxylic acids is 1. The average Bonchev–Trinajstić information content (AvgIpc) is 3.38. The Labute approximate surface area is 235 Å². The highest BCUT2D eigenvalue weighted by molar-refractivity contribution is 5.98. The van der Waals surface area contributed by atoms with Crippen LogP contribution in [0.25, 0.3) is 22.3 Å². The van der Waals surface area contributed by atoms with Gasteiger partial charge >= 0.3 is 0 Å². The van der Waals surface area contributed by atoms with Gasteiger partial charge in [0.15, 0.2) is 5.65 Å². The number of nitrogens with two attached hydrogens (primary N) is 2. The second kappa shape index (κ2) is 11.3. The summed E-state index contributed by atoms with van der Waals surface area (Å²) in [6.45, 7) is 4.60. The summed E-state index contributed by atoms with van der Waals surface area (Å²) in [5.41, 5.74) is 16.7. The predicted octanol–water partition coefficient (Wildman–Crippen LogP) is 3.62. The van der Waals surface area contributed by atoms with Crippen molar-refractivity contribution in [1.29, 1.82) is 0 Å². The van der Waals surface area contributed by atoms with Crippen molar-refractivity contribution in [2.24, 2.45) is 5.73 Å². The van der Waals surface area contributed by atoms with Crippen LogP contribution in [-0.2, 0) is 11.2 Å². The van der Waals surface area contributed by atoms with Gasteiger partial charge in [-0.25, -0.2) is 14.6 Å². The Balaban J connectivity index is 1.25. The Hall–Kier alpha value is -3.82. The maximum atomic E-state index is 12.4. The molecule has 1 amide bonds. The van der Waals surface area contributed by atoms with Crippen LogP contribution in [0.4, 0.5) is 5.82 Å². The number of amides is 1. The van der Waals surface area contributed by atoms with Crippen molar-refractivity contribution >= 4 is 22.8 Å². The highest BCUT2D eigenvalue weighted by atomic mass is 16.1. The van der Waals surface area contributed by atoms with Crippen LogP contribution in [0.3, 0.4) is 0 Å². The first kappa shape index (κ1) is 26.4. The van der Waals surface area contributed by atoms with Gasteiger partial charge in [-0.1, -0.05) is 54.6 Å². The van der Waals surface area contributed by atoms with E-state index in [1.54, 1.807) is 0 Å². The number of piperazine rings is 1. The Morgan fingerprint density at radius 3 is 2.27 bits per heavy atom. The van der Waals surface area contributed by atoms with Crippen LogP contribution in [-0.4, -0.2) is 74.7 Å². The molecule has 2 fully saturated rings. The molecule has 1 saturated heterocycles. The lowest BCUT2D eigenvalue weighted by Crippen LogP contribution is -2.49. The fourth-order valence-corrected chi connectivity index (χ4v) is 6.41. The third-order valence-electron chi connectivity index (χ3n) is 8.80. The van der Waals surface area contributed by atoms with Gasteiger partial charge in [0.25, 0.3) is 0 Å². The lowest BCUT2D eigenvalue weighted by molar-refractivity contribution is -0.119. The van der Waals surface area contributed by atoms with Crippen LogP contribution in [0.1, 0.15) is 48.8 Å². The van der Waals surface area contributed by atoms with E-state index in [1.807, 2.05) is 54.6 Å². The molecule has 208 valence electrons. The van der Waals surface area contributed by atoms with Gasteiger partial charge in [0.05, 0.1) is 17.3 Å². The van der Waals surface area contributed by atoms with Gasteiger partial charge in [-0.3, -0.25) is 9.69 Å². The second-order valence-electron chi connectivity index (χ2n) is 11.3. The van der Waals surface area contributed by atoms with E-state index in [0.29, 0.717) is 18.3 Å². The smallest absolute Gasteiger partial charge is 0.225 e. The molecule has 2 aromatic carbocycles. The summed E-state index contributed by atoms with van der Waals surface area (Å²) in [5.74, 6) is -0.314. The largest absolute Gasteiger partial charge is 0.383 e. The van der Waals surface area contributed by atoms with Crippen molar-refractivity contribution < 1.29 is 4.79 Å². The van der Waals surface area contributed by atoms with Gasteiger partial charge in [0, 0.05) is 37.8 Å². The molecule has 2 aromatic heterocycles. The van der Waals surface area contributed by atoms with Crippen molar-refractivity contribution in [3.63, 3.8) is 0 Å². The monoisotopic (exact) mass is 538 g/mol. The number of nitrogen functional groups attached to an aromatic ring is 1. The maximum absolute atomic E-state index is 12.4. The molecule has 0 bridgehead atoms. The molecule has 9 nitrogen and oxygen atoms in total. The zero-order chi connectivity index (χ0) is 27.6. The highest BCUT2D eigenvalue weighted by Gasteiger charge is 2.31. The predicted molar refractivity (Wildman–Crippen MR) is 158 cm³/mol. The van der Waals surface area contributed by atoms with Gasteiger partial charge in [0.1, 0.15) is 17.8 Å². The molecule has 6 rings (SSSR count). The molecule has 4 aromatic rings. The highest BCUT2D eigenvalue weighted by Crippen LogP contribution is 2.37. The third kappa shape index (κ3) is 5.31. The van der Waals surface area contributed by atoms with Crippen LogP contribution in [0, 0.1) is 0 Å². The topological polar surface area (TPSA) is 119 Å². The Morgan fingerprint density at radius 1 is 0.925 bits per heavy atom. The van der Waals surface area contributed by atoms with Crippen LogP contribution in [0.5, 0.6) is 0 Å². The van der Waals surface area contributed by atoms with E-state index < -0.39 is 5.92 Å². The number of carbonyl (C=O) groups is 1. The van der Waals surface area contributed by atoms with Crippen molar-refractivity contribution in [3.8, 4) is 11.3 Å². The number of nitrogens with zero attached hydrogens (tertiary/aromatic N) is 6. The van der Waals surface area contributed by atoms with Gasteiger partial charge < -0.3 is 16.4 Å². The molecule has 1 unspecified atom stereocenters. The summed E-state index contributed by atoms with van der Waals surface area (Å²) in [5, 5.41) is 5.88. The average molecular weight is 539 g/mol. The third-order valence-corrected chi connectivity index (χ3v) is 8.80. The summed E-state index contributed by atoms with van der Waals surface area (Å²) in [7, 11) is 2.20. The lowest BCUT2D eigenvalue weighted by Gasteiger charge is -2.41. The normalized spacial score (nSPS) is 21.4. The molecule has 1 atom stereocenters. The molecule has 40 heavy (non-hydrogen) atoms. The number of fused-ring (bicyclic) bond motifs is 1. The number of hydrogen-bond acceptors (Lipinski definition) is 7. The second-order valence-corrected chi connectivity index (χ2v) is 11.3. The Morgan fingerprint density at radius 2 is 1.60 bits per heavy atom. The van der Waals surface area contributed by atoms with E-state index in [0.717, 1.165) is 85.3 Å². The number of anilines is 1. The van der Waals surface area contributed by atoms with Gasteiger partial charge in [-0.2, -0.15) is 5.10 Å². The first-order valence-corrected chi connectivity index (χ1v) is 14.3. The molecular formula is C31H38N8O. The molecule has 1 aliphatic carbocycles.